The molecule has 4 nitrogen and oxygen atoms in total. The van der Waals surface area contributed by atoms with Gasteiger partial charge in [-0.3, -0.25) is 5.10 Å². The maximum atomic E-state index is 8.83. The summed E-state index contributed by atoms with van der Waals surface area (Å²) in [7, 11) is 0. The molecular formula is C15H11ClN4S. The SMILES string of the molecule is N#Cc1ccc(NCc2cn[nH]c2-c2cccs2)c(Cl)c1. The van der Waals surface area contributed by atoms with E-state index in [0.717, 1.165) is 21.8 Å². The van der Waals surface area contributed by atoms with Gasteiger partial charge < -0.3 is 5.32 Å². The minimum Gasteiger partial charge on any atom is -0.380 e. The fraction of sp³-hybridized carbons (Fsp3) is 0.0667. The van der Waals surface area contributed by atoms with E-state index < -0.39 is 0 Å². The van der Waals surface area contributed by atoms with Gasteiger partial charge in [0.05, 0.1) is 39.1 Å². The maximum absolute atomic E-state index is 8.83. The lowest BCUT2D eigenvalue weighted by molar-refractivity contribution is 1.10. The monoisotopic (exact) mass is 314 g/mol. The van der Waals surface area contributed by atoms with Gasteiger partial charge in [0.15, 0.2) is 0 Å². The topological polar surface area (TPSA) is 64.5 Å². The van der Waals surface area contributed by atoms with Crippen LogP contribution in [0.5, 0.6) is 0 Å². The quantitative estimate of drug-likeness (QED) is 0.755. The number of hydrogen-bond acceptors (Lipinski definition) is 4. The number of rotatable bonds is 4. The number of nitriles is 1. The molecule has 0 unspecified atom stereocenters. The van der Waals surface area contributed by atoms with E-state index in [1.807, 2.05) is 17.5 Å². The number of nitrogens with zero attached hydrogens (tertiary/aromatic N) is 2. The summed E-state index contributed by atoms with van der Waals surface area (Å²) in [5.41, 5.74) is 3.43. The van der Waals surface area contributed by atoms with Gasteiger partial charge in [0.2, 0.25) is 0 Å². The Morgan fingerprint density at radius 1 is 1.38 bits per heavy atom. The van der Waals surface area contributed by atoms with E-state index in [9.17, 15) is 0 Å². The number of nitrogens with one attached hydrogen (secondary N) is 2. The summed E-state index contributed by atoms with van der Waals surface area (Å²) in [6, 6.07) is 11.3. The summed E-state index contributed by atoms with van der Waals surface area (Å²) in [6.45, 7) is 0.607. The molecule has 0 spiro atoms. The lowest BCUT2D eigenvalue weighted by Crippen LogP contribution is -2.00. The third kappa shape index (κ3) is 2.92. The lowest BCUT2D eigenvalue weighted by Gasteiger charge is -2.08. The van der Waals surface area contributed by atoms with E-state index in [1.165, 1.54) is 0 Å². The van der Waals surface area contributed by atoms with Gasteiger partial charge in [-0.05, 0) is 29.6 Å². The minimum absolute atomic E-state index is 0.537. The molecule has 0 saturated carbocycles. The van der Waals surface area contributed by atoms with Crippen molar-refractivity contribution in [3.8, 4) is 16.6 Å². The van der Waals surface area contributed by atoms with Crippen LogP contribution in [0.4, 0.5) is 5.69 Å². The molecule has 0 radical (unpaired) electrons. The Morgan fingerprint density at radius 2 is 2.29 bits per heavy atom. The van der Waals surface area contributed by atoms with Gasteiger partial charge >= 0.3 is 0 Å². The molecular weight excluding hydrogens is 304 g/mol. The van der Waals surface area contributed by atoms with E-state index in [-0.39, 0.29) is 0 Å². The Bertz CT molecular complexity index is 786. The first-order valence-electron chi connectivity index (χ1n) is 6.27. The largest absolute Gasteiger partial charge is 0.380 e. The molecule has 3 aromatic rings. The number of hydrogen-bond donors (Lipinski definition) is 2. The molecule has 1 aromatic carbocycles. The smallest absolute Gasteiger partial charge is 0.0992 e. The van der Waals surface area contributed by atoms with Crippen LogP contribution in [-0.2, 0) is 6.54 Å². The number of aromatic amines is 1. The number of H-pyrrole nitrogens is 1. The van der Waals surface area contributed by atoms with Crippen molar-refractivity contribution < 1.29 is 0 Å². The number of anilines is 1. The van der Waals surface area contributed by atoms with Crippen molar-refractivity contribution in [1.29, 1.82) is 5.26 Å². The Balaban J connectivity index is 1.77. The summed E-state index contributed by atoms with van der Waals surface area (Å²) in [5.74, 6) is 0. The molecule has 0 fully saturated rings. The molecule has 0 aliphatic carbocycles. The lowest BCUT2D eigenvalue weighted by atomic mass is 10.2. The number of aromatic nitrogens is 2. The van der Waals surface area contributed by atoms with E-state index in [0.29, 0.717) is 17.1 Å². The normalized spacial score (nSPS) is 10.3. The highest BCUT2D eigenvalue weighted by Crippen LogP contribution is 2.28. The van der Waals surface area contributed by atoms with Crippen LogP contribution in [0.1, 0.15) is 11.1 Å². The highest BCUT2D eigenvalue weighted by atomic mass is 35.5. The first kappa shape index (κ1) is 13.7. The Labute approximate surface area is 131 Å². The van der Waals surface area contributed by atoms with Crippen molar-refractivity contribution in [3.63, 3.8) is 0 Å². The number of benzene rings is 1. The van der Waals surface area contributed by atoms with Crippen molar-refractivity contribution in [1.82, 2.24) is 10.2 Å². The van der Waals surface area contributed by atoms with Crippen molar-refractivity contribution in [2.45, 2.75) is 6.54 Å². The van der Waals surface area contributed by atoms with Crippen molar-refractivity contribution in [3.05, 3.63) is 58.1 Å². The van der Waals surface area contributed by atoms with Crippen molar-refractivity contribution in [2.75, 3.05) is 5.32 Å². The van der Waals surface area contributed by atoms with Crippen LogP contribution in [0.15, 0.2) is 41.9 Å². The summed E-state index contributed by atoms with van der Waals surface area (Å²) in [6.07, 6.45) is 1.81. The van der Waals surface area contributed by atoms with Gasteiger partial charge in [0.1, 0.15) is 0 Å². The third-order valence-corrected chi connectivity index (χ3v) is 4.25. The second kappa shape index (κ2) is 6.00. The summed E-state index contributed by atoms with van der Waals surface area (Å²) < 4.78 is 0. The van der Waals surface area contributed by atoms with Gasteiger partial charge in [-0.2, -0.15) is 10.4 Å². The van der Waals surface area contributed by atoms with Gasteiger partial charge in [0.25, 0.3) is 0 Å². The fourth-order valence-corrected chi connectivity index (χ4v) is 3.00. The summed E-state index contributed by atoms with van der Waals surface area (Å²) in [5, 5.41) is 21.8. The zero-order valence-corrected chi connectivity index (χ0v) is 12.5. The first-order chi connectivity index (χ1) is 10.3. The van der Waals surface area contributed by atoms with Crippen LogP contribution in [-0.4, -0.2) is 10.2 Å². The zero-order valence-electron chi connectivity index (χ0n) is 10.9. The van der Waals surface area contributed by atoms with Crippen LogP contribution >= 0.6 is 22.9 Å². The standard InChI is InChI=1S/C15H11ClN4S/c16-12-6-10(7-17)3-4-13(12)18-8-11-9-19-20-15(11)14-2-1-5-21-14/h1-6,9,18H,8H2,(H,19,20). The molecule has 2 aromatic heterocycles. The minimum atomic E-state index is 0.537. The molecule has 104 valence electrons. The molecule has 2 heterocycles. The molecule has 0 bridgehead atoms. The van der Waals surface area contributed by atoms with Gasteiger partial charge in [-0.25, -0.2) is 0 Å². The summed E-state index contributed by atoms with van der Waals surface area (Å²) in [4.78, 5) is 1.15. The van der Waals surface area contributed by atoms with Gasteiger partial charge in [-0.15, -0.1) is 11.3 Å². The third-order valence-electron chi connectivity index (χ3n) is 3.05. The van der Waals surface area contributed by atoms with Crippen LogP contribution in [0, 0.1) is 11.3 Å². The summed E-state index contributed by atoms with van der Waals surface area (Å²) >= 11 is 7.82. The Morgan fingerprint density at radius 3 is 3.00 bits per heavy atom. The Kier molecular flexibility index (Phi) is 3.91. The molecule has 0 aliphatic heterocycles. The fourth-order valence-electron chi connectivity index (χ4n) is 2.00. The van der Waals surface area contributed by atoms with Gasteiger partial charge in [-0.1, -0.05) is 17.7 Å². The molecule has 0 amide bonds. The van der Waals surface area contributed by atoms with E-state index in [4.69, 9.17) is 16.9 Å². The zero-order chi connectivity index (χ0) is 14.7. The molecule has 0 saturated heterocycles. The average molecular weight is 315 g/mol. The Hall–Kier alpha value is -2.29. The van der Waals surface area contributed by atoms with E-state index in [2.05, 4.69) is 27.6 Å². The first-order valence-corrected chi connectivity index (χ1v) is 7.53. The second-order valence-corrected chi connectivity index (χ2v) is 5.76. The van der Waals surface area contributed by atoms with E-state index in [1.54, 1.807) is 29.7 Å². The van der Waals surface area contributed by atoms with Crippen LogP contribution < -0.4 is 5.32 Å². The maximum Gasteiger partial charge on any atom is 0.0992 e. The van der Waals surface area contributed by atoms with Crippen LogP contribution in [0.2, 0.25) is 5.02 Å². The molecule has 2 N–H and O–H groups in total. The molecule has 3 rings (SSSR count). The molecule has 21 heavy (non-hydrogen) atoms. The highest BCUT2D eigenvalue weighted by Gasteiger charge is 2.09. The number of thiophene rings is 1. The van der Waals surface area contributed by atoms with Crippen LogP contribution in [0.3, 0.4) is 0 Å². The average Bonchev–Trinajstić information content (AvgIpc) is 3.16. The van der Waals surface area contributed by atoms with Gasteiger partial charge in [0, 0.05) is 12.1 Å². The molecule has 6 heteroatoms. The molecule has 0 atom stereocenters. The van der Waals surface area contributed by atoms with E-state index >= 15 is 0 Å². The predicted octanol–water partition coefficient (Wildman–Crippen LogP) is 4.28. The van der Waals surface area contributed by atoms with Crippen molar-refractivity contribution in [2.24, 2.45) is 0 Å². The highest BCUT2D eigenvalue weighted by molar-refractivity contribution is 7.13. The van der Waals surface area contributed by atoms with Crippen LogP contribution in [0.25, 0.3) is 10.6 Å². The predicted molar refractivity (Wildman–Crippen MR) is 85.4 cm³/mol. The second-order valence-electron chi connectivity index (χ2n) is 4.41. The van der Waals surface area contributed by atoms with Crippen molar-refractivity contribution >= 4 is 28.6 Å². The number of halogens is 1. The molecule has 0 aliphatic rings.